The largest absolute Gasteiger partial charge is 0.496 e. The molecule has 2 heterocycles. The van der Waals surface area contributed by atoms with Crippen LogP contribution in [0.2, 0.25) is 0 Å². The Morgan fingerprint density at radius 2 is 2.00 bits per heavy atom. The van der Waals surface area contributed by atoms with Crippen LogP contribution in [0.15, 0.2) is 24.3 Å². The van der Waals surface area contributed by atoms with Crippen molar-refractivity contribution in [1.29, 1.82) is 0 Å². The number of carbonyl (C=O) groups excluding carboxylic acids is 1. The molecule has 0 unspecified atom stereocenters. The number of urea groups is 1. The van der Waals surface area contributed by atoms with Gasteiger partial charge in [0.05, 0.1) is 7.11 Å². The summed E-state index contributed by atoms with van der Waals surface area (Å²) in [5, 5.41) is 3.20. The lowest BCUT2D eigenvalue weighted by atomic mass is 9.95. The normalized spacial score (nSPS) is 25.2. The van der Waals surface area contributed by atoms with Crippen molar-refractivity contribution in [2.75, 3.05) is 39.8 Å². The van der Waals surface area contributed by atoms with Gasteiger partial charge in [-0.25, -0.2) is 4.79 Å². The molecule has 2 saturated heterocycles. The number of nitrogens with zero attached hydrogens (tertiary/aromatic N) is 2. The number of amides is 2. The molecular weight excluding hydrogens is 314 g/mol. The highest BCUT2D eigenvalue weighted by atomic mass is 16.5. The molecule has 1 aromatic carbocycles. The van der Waals surface area contributed by atoms with E-state index in [0.717, 1.165) is 38.1 Å². The van der Waals surface area contributed by atoms with Gasteiger partial charge in [-0.05, 0) is 51.3 Å². The number of ether oxygens (including phenoxy) is 1. The minimum Gasteiger partial charge on any atom is -0.496 e. The van der Waals surface area contributed by atoms with Crippen LogP contribution in [0.4, 0.5) is 4.79 Å². The van der Waals surface area contributed by atoms with Crippen LogP contribution in [-0.2, 0) is 5.41 Å². The molecule has 0 bridgehead atoms. The summed E-state index contributed by atoms with van der Waals surface area (Å²) in [4.78, 5) is 17.2. The van der Waals surface area contributed by atoms with Gasteiger partial charge >= 0.3 is 6.03 Å². The van der Waals surface area contributed by atoms with Crippen LogP contribution in [0.1, 0.15) is 37.7 Å². The second-order valence-electron chi connectivity index (χ2n) is 7.77. The molecular formula is C20H29N3O2. The van der Waals surface area contributed by atoms with Crippen molar-refractivity contribution in [2.45, 2.75) is 43.6 Å². The van der Waals surface area contributed by atoms with Crippen molar-refractivity contribution >= 4 is 6.03 Å². The van der Waals surface area contributed by atoms with E-state index < -0.39 is 0 Å². The van der Waals surface area contributed by atoms with E-state index in [1.165, 1.54) is 31.5 Å². The lowest BCUT2D eigenvalue weighted by Gasteiger charge is -2.25. The molecule has 5 heteroatoms. The van der Waals surface area contributed by atoms with E-state index in [4.69, 9.17) is 4.74 Å². The topological polar surface area (TPSA) is 44.8 Å². The van der Waals surface area contributed by atoms with Crippen molar-refractivity contribution in [3.63, 3.8) is 0 Å². The molecule has 0 aromatic heterocycles. The van der Waals surface area contributed by atoms with Crippen LogP contribution in [0.25, 0.3) is 0 Å². The Morgan fingerprint density at radius 1 is 1.24 bits per heavy atom. The van der Waals surface area contributed by atoms with Gasteiger partial charge in [0.1, 0.15) is 5.75 Å². The van der Waals surface area contributed by atoms with Crippen molar-refractivity contribution in [1.82, 2.24) is 15.1 Å². The molecule has 2 aliphatic heterocycles. The molecule has 136 valence electrons. The summed E-state index contributed by atoms with van der Waals surface area (Å²) in [7, 11) is 1.72. The predicted molar refractivity (Wildman–Crippen MR) is 98.1 cm³/mol. The number of rotatable bonds is 5. The fraction of sp³-hybridized carbons (Fsp3) is 0.650. The zero-order chi connectivity index (χ0) is 17.3. The first-order valence-electron chi connectivity index (χ1n) is 9.62. The molecule has 0 radical (unpaired) electrons. The number of likely N-dealkylation sites (tertiary alicyclic amines) is 2. The zero-order valence-electron chi connectivity index (χ0n) is 15.2. The Morgan fingerprint density at radius 3 is 2.72 bits per heavy atom. The Bertz CT molecular complexity index is 623. The summed E-state index contributed by atoms with van der Waals surface area (Å²) >= 11 is 0. The molecule has 1 saturated carbocycles. The number of benzene rings is 1. The molecule has 1 N–H and O–H groups in total. The summed E-state index contributed by atoms with van der Waals surface area (Å²) in [6, 6.07) is 8.87. The Labute approximate surface area is 150 Å². The summed E-state index contributed by atoms with van der Waals surface area (Å²) in [5.74, 6) is 0.935. The maximum atomic E-state index is 12.6. The summed E-state index contributed by atoms with van der Waals surface area (Å²) in [6.07, 6.45) is 5.97. The zero-order valence-corrected chi connectivity index (χ0v) is 15.2. The summed E-state index contributed by atoms with van der Waals surface area (Å²) in [5.41, 5.74) is 1.30. The van der Waals surface area contributed by atoms with Crippen LogP contribution >= 0.6 is 0 Å². The van der Waals surface area contributed by atoms with Crippen molar-refractivity contribution in [3.8, 4) is 5.75 Å². The lowest BCUT2D eigenvalue weighted by Crippen LogP contribution is -2.43. The standard InChI is InChI=1S/C20H29N3O2/c1-25-18-7-3-2-6-17(18)20(9-10-20)15-21-19(24)23-13-8-16(14-23)22-11-4-5-12-22/h2-3,6-7,16H,4-5,8-15H2,1H3,(H,21,24)/t16-/m1/s1. The molecule has 3 aliphatic rings. The number of nitrogens with one attached hydrogen (secondary N) is 1. The van der Waals surface area contributed by atoms with Crippen molar-refractivity contribution in [3.05, 3.63) is 29.8 Å². The van der Waals surface area contributed by atoms with Gasteiger partial charge in [0.15, 0.2) is 0 Å². The van der Waals surface area contributed by atoms with E-state index in [1.807, 2.05) is 17.0 Å². The van der Waals surface area contributed by atoms with Crippen molar-refractivity contribution in [2.24, 2.45) is 0 Å². The molecule has 0 spiro atoms. The van der Waals surface area contributed by atoms with Crippen molar-refractivity contribution < 1.29 is 9.53 Å². The summed E-state index contributed by atoms with van der Waals surface area (Å²) < 4.78 is 5.52. The molecule has 1 aromatic rings. The highest BCUT2D eigenvalue weighted by molar-refractivity contribution is 5.75. The first-order chi connectivity index (χ1) is 12.2. The molecule has 5 nitrogen and oxygen atoms in total. The average molecular weight is 343 g/mol. The van der Waals surface area contributed by atoms with E-state index in [2.05, 4.69) is 22.3 Å². The minimum absolute atomic E-state index is 0.0658. The number of para-hydroxylation sites is 1. The Balaban J connectivity index is 1.33. The van der Waals surface area contributed by atoms with Gasteiger partial charge < -0.3 is 15.0 Å². The molecule has 1 aliphatic carbocycles. The third-order valence-electron chi connectivity index (χ3n) is 6.22. The van der Waals surface area contributed by atoms with Crippen LogP contribution in [0, 0.1) is 0 Å². The van der Waals surface area contributed by atoms with Crippen LogP contribution in [0.3, 0.4) is 0 Å². The second-order valence-corrected chi connectivity index (χ2v) is 7.77. The number of hydrogen-bond donors (Lipinski definition) is 1. The Hall–Kier alpha value is -1.75. The van der Waals surface area contributed by atoms with Crippen LogP contribution in [-0.4, -0.2) is 61.7 Å². The van der Waals surface area contributed by atoms with E-state index in [0.29, 0.717) is 12.6 Å². The third-order valence-corrected chi connectivity index (χ3v) is 6.22. The Kier molecular flexibility index (Phi) is 4.59. The van der Waals surface area contributed by atoms with Crippen LogP contribution in [0.5, 0.6) is 5.75 Å². The third kappa shape index (κ3) is 3.34. The summed E-state index contributed by atoms with van der Waals surface area (Å²) in [6.45, 7) is 4.88. The van der Waals surface area contributed by atoms with E-state index >= 15 is 0 Å². The lowest BCUT2D eigenvalue weighted by molar-refractivity contribution is 0.197. The van der Waals surface area contributed by atoms with Crippen LogP contribution < -0.4 is 10.1 Å². The quantitative estimate of drug-likeness (QED) is 0.894. The van der Waals surface area contributed by atoms with Gasteiger partial charge in [0.25, 0.3) is 0 Å². The molecule has 1 atom stereocenters. The fourth-order valence-corrected chi connectivity index (χ4v) is 4.46. The van der Waals surface area contributed by atoms with Gasteiger partial charge in [-0.2, -0.15) is 0 Å². The van der Waals surface area contributed by atoms with Gasteiger partial charge in [0, 0.05) is 36.7 Å². The van der Waals surface area contributed by atoms with Gasteiger partial charge in [-0.3, -0.25) is 4.90 Å². The highest BCUT2D eigenvalue weighted by Crippen LogP contribution is 2.50. The van der Waals surface area contributed by atoms with E-state index in [9.17, 15) is 4.79 Å². The number of hydrogen-bond acceptors (Lipinski definition) is 3. The average Bonchev–Trinajstić information content (AvgIpc) is 3.05. The fourth-order valence-electron chi connectivity index (χ4n) is 4.46. The predicted octanol–water partition coefficient (Wildman–Crippen LogP) is 2.61. The van der Waals surface area contributed by atoms with E-state index in [-0.39, 0.29) is 11.4 Å². The highest BCUT2D eigenvalue weighted by Gasteiger charge is 2.46. The van der Waals surface area contributed by atoms with Gasteiger partial charge in [0.2, 0.25) is 0 Å². The minimum atomic E-state index is 0.0658. The van der Waals surface area contributed by atoms with Gasteiger partial charge in [-0.1, -0.05) is 18.2 Å². The SMILES string of the molecule is COc1ccccc1C1(CNC(=O)N2CC[C@@H](N3CCCC3)C2)CC1. The maximum absolute atomic E-state index is 12.6. The smallest absolute Gasteiger partial charge is 0.317 e. The van der Waals surface area contributed by atoms with Gasteiger partial charge in [-0.15, -0.1) is 0 Å². The first kappa shape index (κ1) is 16.7. The number of methoxy groups -OCH3 is 1. The number of carbonyl (C=O) groups is 1. The molecule has 25 heavy (non-hydrogen) atoms. The van der Waals surface area contributed by atoms with E-state index in [1.54, 1.807) is 7.11 Å². The second kappa shape index (κ2) is 6.87. The first-order valence-corrected chi connectivity index (χ1v) is 9.62. The molecule has 3 fully saturated rings. The molecule has 2 amide bonds. The molecule has 4 rings (SSSR count). The monoisotopic (exact) mass is 343 g/mol. The maximum Gasteiger partial charge on any atom is 0.317 e.